The van der Waals surface area contributed by atoms with Gasteiger partial charge in [0.15, 0.2) is 0 Å². The third kappa shape index (κ3) is 3.73. The lowest BCUT2D eigenvalue weighted by Gasteiger charge is -2.35. The van der Waals surface area contributed by atoms with E-state index in [4.69, 9.17) is 0 Å². The number of halogens is 1. The van der Waals surface area contributed by atoms with E-state index < -0.39 is 0 Å². The Morgan fingerprint density at radius 2 is 1.96 bits per heavy atom. The number of likely N-dealkylation sites (tertiary alicyclic amines) is 1. The van der Waals surface area contributed by atoms with Crippen LogP contribution in [-0.4, -0.2) is 29.6 Å². The first-order chi connectivity index (χ1) is 11.1. The van der Waals surface area contributed by atoms with Crippen LogP contribution in [0.15, 0.2) is 48.5 Å². The van der Waals surface area contributed by atoms with Gasteiger partial charge < -0.3 is 10.0 Å². The molecule has 1 aliphatic heterocycles. The summed E-state index contributed by atoms with van der Waals surface area (Å²) in [7, 11) is 2.16. The van der Waals surface area contributed by atoms with Gasteiger partial charge in [-0.15, -0.1) is 0 Å². The summed E-state index contributed by atoms with van der Waals surface area (Å²) in [6.07, 6.45) is 4.55. The van der Waals surface area contributed by atoms with Crippen LogP contribution in [0.5, 0.6) is 5.75 Å². The molecule has 2 atom stereocenters. The molecule has 1 N–H and O–H groups in total. The topological polar surface area (TPSA) is 23.5 Å². The quantitative estimate of drug-likeness (QED) is 0.896. The minimum atomic E-state index is -0.296. The van der Waals surface area contributed by atoms with Gasteiger partial charge in [-0.2, -0.15) is 0 Å². The summed E-state index contributed by atoms with van der Waals surface area (Å²) >= 11 is 0. The molecule has 2 nitrogen and oxygen atoms in total. The molecular weight excluding hydrogens is 289 g/mol. The molecule has 0 saturated carbocycles. The van der Waals surface area contributed by atoms with Crippen molar-refractivity contribution < 1.29 is 9.50 Å². The second kappa shape index (κ2) is 7.14. The molecule has 1 fully saturated rings. The fourth-order valence-electron chi connectivity index (χ4n) is 3.65. The van der Waals surface area contributed by atoms with E-state index in [-0.39, 0.29) is 17.5 Å². The summed E-state index contributed by atoms with van der Waals surface area (Å²) in [4.78, 5) is 2.40. The fourth-order valence-corrected chi connectivity index (χ4v) is 3.65. The fraction of sp³-hybridized carbons (Fsp3) is 0.400. The Bertz CT molecular complexity index is 643. The van der Waals surface area contributed by atoms with E-state index in [1.54, 1.807) is 0 Å². The number of aromatic hydroxyl groups is 1. The van der Waals surface area contributed by atoms with Crippen LogP contribution in [0.4, 0.5) is 4.39 Å². The second-order valence-electron chi connectivity index (χ2n) is 6.53. The average molecular weight is 313 g/mol. The molecule has 0 spiro atoms. The van der Waals surface area contributed by atoms with E-state index in [2.05, 4.69) is 24.1 Å². The van der Waals surface area contributed by atoms with E-state index in [1.807, 2.05) is 18.2 Å². The van der Waals surface area contributed by atoms with E-state index in [0.717, 1.165) is 24.9 Å². The predicted molar refractivity (Wildman–Crippen MR) is 91.2 cm³/mol. The number of benzene rings is 2. The van der Waals surface area contributed by atoms with Crippen molar-refractivity contribution in [2.24, 2.45) is 0 Å². The predicted octanol–water partition coefficient (Wildman–Crippen LogP) is 4.54. The maximum atomic E-state index is 13.8. The first-order valence-corrected chi connectivity index (χ1v) is 8.39. The number of rotatable bonds is 4. The van der Waals surface area contributed by atoms with Gasteiger partial charge in [-0.3, -0.25) is 0 Å². The van der Waals surface area contributed by atoms with Crippen LogP contribution in [0.1, 0.15) is 42.7 Å². The molecule has 122 valence electrons. The molecule has 1 saturated heterocycles. The molecule has 0 bridgehead atoms. The molecular formula is C20H24FNO. The molecule has 0 radical (unpaired) electrons. The minimum Gasteiger partial charge on any atom is -0.508 e. The molecule has 2 aromatic rings. The van der Waals surface area contributed by atoms with Gasteiger partial charge in [0.25, 0.3) is 0 Å². The molecule has 23 heavy (non-hydrogen) atoms. The van der Waals surface area contributed by atoms with Gasteiger partial charge >= 0.3 is 0 Å². The molecule has 2 aromatic carbocycles. The lowest BCUT2D eigenvalue weighted by Crippen LogP contribution is -2.37. The third-order valence-electron chi connectivity index (χ3n) is 5.00. The van der Waals surface area contributed by atoms with Gasteiger partial charge in [0.05, 0.1) is 0 Å². The van der Waals surface area contributed by atoms with E-state index in [1.165, 1.54) is 31.0 Å². The van der Waals surface area contributed by atoms with Crippen LogP contribution < -0.4 is 0 Å². The highest BCUT2D eigenvalue weighted by Crippen LogP contribution is 2.37. The van der Waals surface area contributed by atoms with Gasteiger partial charge in [0.1, 0.15) is 11.6 Å². The summed E-state index contributed by atoms with van der Waals surface area (Å²) in [5, 5.41) is 10.3. The van der Waals surface area contributed by atoms with Crippen molar-refractivity contribution in [1.29, 1.82) is 0 Å². The largest absolute Gasteiger partial charge is 0.508 e. The highest BCUT2D eigenvalue weighted by Gasteiger charge is 2.26. The van der Waals surface area contributed by atoms with Crippen molar-refractivity contribution in [3.63, 3.8) is 0 Å². The Hall–Kier alpha value is -1.87. The zero-order chi connectivity index (χ0) is 16.2. The summed E-state index contributed by atoms with van der Waals surface area (Å²) in [6.45, 7) is 1.11. The lowest BCUT2D eigenvalue weighted by molar-refractivity contribution is 0.171. The summed E-state index contributed by atoms with van der Waals surface area (Å²) in [5.41, 5.74) is 1.82. The number of nitrogens with zero attached hydrogens (tertiary/aromatic N) is 1. The Morgan fingerprint density at radius 1 is 1.17 bits per heavy atom. The minimum absolute atomic E-state index is 0.0115. The summed E-state index contributed by atoms with van der Waals surface area (Å²) < 4.78 is 13.8. The van der Waals surface area contributed by atoms with Crippen LogP contribution in [-0.2, 0) is 0 Å². The van der Waals surface area contributed by atoms with Crippen molar-refractivity contribution in [3.05, 3.63) is 65.5 Å². The zero-order valence-electron chi connectivity index (χ0n) is 13.6. The number of phenolic OH excluding ortho intramolecular Hbond substituents is 1. The second-order valence-corrected chi connectivity index (χ2v) is 6.53. The Morgan fingerprint density at radius 3 is 2.70 bits per heavy atom. The van der Waals surface area contributed by atoms with Crippen LogP contribution in [0, 0.1) is 5.82 Å². The van der Waals surface area contributed by atoms with Crippen LogP contribution in [0.2, 0.25) is 0 Å². The summed E-state index contributed by atoms with van der Waals surface area (Å²) in [6, 6.07) is 14.9. The zero-order valence-corrected chi connectivity index (χ0v) is 13.6. The maximum Gasteiger partial charge on any atom is 0.123 e. The molecule has 1 heterocycles. The number of phenols is 1. The Balaban J connectivity index is 1.95. The van der Waals surface area contributed by atoms with Gasteiger partial charge in [-0.25, -0.2) is 4.39 Å². The smallest absolute Gasteiger partial charge is 0.123 e. The van der Waals surface area contributed by atoms with Crippen molar-refractivity contribution in [2.75, 3.05) is 13.6 Å². The first-order valence-electron chi connectivity index (χ1n) is 8.39. The van der Waals surface area contributed by atoms with E-state index in [0.29, 0.717) is 11.6 Å². The monoisotopic (exact) mass is 313 g/mol. The van der Waals surface area contributed by atoms with Crippen molar-refractivity contribution >= 4 is 0 Å². The Labute approximate surface area is 137 Å². The van der Waals surface area contributed by atoms with Gasteiger partial charge in [-0.05, 0) is 56.6 Å². The summed E-state index contributed by atoms with van der Waals surface area (Å²) in [5.74, 6) is -0.105. The maximum absolute atomic E-state index is 13.8. The average Bonchev–Trinajstić information content (AvgIpc) is 2.57. The van der Waals surface area contributed by atoms with E-state index in [9.17, 15) is 9.50 Å². The van der Waals surface area contributed by atoms with Gasteiger partial charge in [0, 0.05) is 17.5 Å². The van der Waals surface area contributed by atoms with Gasteiger partial charge in [-0.1, -0.05) is 36.8 Å². The molecule has 3 rings (SSSR count). The lowest BCUT2D eigenvalue weighted by atomic mass is 9.83. The number of piperidine rings is 1. The SMILES string of the molecule is CN1CCCCC1CC(c1ccccc1)c1cc(F)ccc1O. The highest BCUT2D eigenvalue weighted by atomic mass is 19.1. The first kappa shape index (κ1) is 16.0. The van der Waals surface area contributed by atoms with Gasteiger partial charge in [0.2, 0.25) is 0 Å². The van der Waals surface area contributed by atoms with Crippen LogP contribution >= 0.6 is 0 Å². The van der Waals surface area contributed by atoms with Crippen LogP contribution in [0.3, 0.4) is 0 Å². The standard InChI is InChI=1S/C20H24FNO/c1-22-12-6-5-9-17(22)14-18(15-7-3-2-4-8-15)19-13-16(21)10-11-20(19)23/h2-4,7-8,10-11,13,17-18,23H,5-6,9,12,14H2,1H3. The van der Waals surface area contributed by atoms with Crippen molar-refractivity contribution in [3.8, 4) is 5.75 Å². The van der Waals surface area contributed by atoms with Crippen molar-refractivity contribution in [2.45, 2.75) is 37.6 Å². The Kier molecular flexibility index (Phi) is 4.97. The van der Waals surface area contributed by atoms with Crippen molar-refractivity contribution in [1.82, 2.24) is 4.90 Å². The molecule has 0 aromatic heterocycles. The highest BCUT2D eigenvalue weighted by molar-refractivity contribution is 5.41. The van der Waals surface area contributed by atoms with Crippen LogP contribution in [0.25, 0.3) is 0 Å². The number of hydrogen-bond acceptors (Lipinski definition) is 2. The van der Waals surface area contributed by atoms with E-state index >= 15 is 0 Å². The molecule has 0 amide bonds. The molecule has 1 aliphatic rings. The number of hydrogen-bond donors (Lipinski definition) is 1. The molecule has 3 heteroatoms. The third-order valence-corrected chi connectivity index (χ3v) is 5.00. The normalized spacial score (nSPS) is 20.3. The molecule has 0 aliphatic carbocycles. The molecule has 2 unspecified atom stereocenters.